The monoisotopic (exact) mass is 534 g/mol. The van der Waals surface area contributed by atoms with Gasteiger partial charge in [0.05, 0.1) is 22.1 Å². The molecule has 2 heteroatoms. The van der Waals surface area contributed by atoms with Crippen molar-refractivity contribution in [3.8, 4) is 22.5 Å². The second kappa shape index (κ2) is 8.95. The average Bonchev–Trinajstić information content (AvgIpc) is 3.57. The van der Waals surface area contributed by atoms with Crippen LogP contribution in [0.5, 0.6) is 0 Å². The quantitative estimate of drug-likeness (QED) is 0.213. The first kappa shape index (κ1) is 23.1. The highest BCUT2D eigenvalue weighted by molar-refractivity contribution is 6.12. The van der Waals surface area contributed by atoms with Crippen LogP contribution in [0.25, 0.3) is 76.9 Å². The molecular weight excluding hydrogens is 508 g/mol. The highest BCUT2D eigenvalue weighted by atomic mass is 15.0. The third kappa shape index (κ3) is 3.39. The minimum atomic E-state index is 1.17. The van der Waals surface area contributed by atoms with E-state index in [4.69, 9.17) is 0 Å². The molecule has 9 rings (SSSR count). The van der Waals surface area contributed by atoms with Crippen molar-refractivity contribution in [1.82, 2.24) is 9.13 Å². The second-order valence-electron chi connectivity index (χ2n) is 11.0. The Balaban J connectivity index is 1.30. The first-order valence-electron chi connectivity index (χ1n) is 14.4. The van der Waals surface area contributed by atoms with Crippen LogP contribution in [0, 0.1) is 0 Å². The van der Waals surface area contributed by atoms with Gasteiger partial charge in [-0.2, -0.15) is 0 Å². The van der Waals surface area contributed by atoms with E-state index >= 15 is 0 Å². The van der Waals surface area contributed by atoms with Crippen LogP contribution in [0.1, 0.15) is 0 Å². The van der Waals surface area contributed by atoms with Crippen LogP contribution < -0.4 is 0 Å². The molecular formula is C40H26N2. The molecule has 0 aliphatic rings. The molecule has 0 atom stereocenters. The Morgan fingerprint density at radius 3 is 1.43 bits per heavy atom. The summed E-state index contributed by atoms with van der Waals surface area (Å²) in [4.78, 5) is 0. The summed E-state index contributed by atoms with van der Waals surface area (Å²) < 4.78 is 4.80. The SMILES string of the molecule is c1ccc(-n2c3ccccc3c3ccc(-c4ccc5c6ccccc6n(-c6ccc7ccccc7c6)c5c4)cc32)cc1. The van der Waals surface area contributed by atoms with Gasteiger partial charge in [0.25, 0.3) is 0 Å². The summed E-state index contributed by atoms with van der Waals surface area (Å²) in [5, 5.41) is 7.58. The molecule has 7 aromatic carbocycles. The van der Waals surface area contributed by atoms with Crippen molar-refractivity contribution in [3.05, 3.63) is 158 Å². The van der Waals surface area contributed by atoms with Crippen molar-refractivity contribution in [2.75, 3.05) is 0 Å². The zero-order valence-corrected chi connectivity index (χ0v) is 22.9. The van der Waals surface area contributed by atoms with Crippen molar-refractivity contribution in [3.63, 3.8) is 0 Å². The largest absolute Gasteiger partial charge is 0.309 e. The number of hydrogen-bond donors (Lipinski definition) is 0. The van der Waals surface area contributed by atoms with Crippen molar-refractivity contribution in [2.24, 2.45) is 0 Å². The molecule has 0 radical (unpaired) electrons. The Morgan fingerprint density at radius 2 is 0.786 bits per heavy atom. The average molecular weight is 535 g/mol. The predicted molar refractivity (Wildman–Crippen MR) is 178 cm³/mol. The van der Waals surface area contributed by atoms with Crippen molar-refractivity contribution in [2.45, 2.75) is 0 Å². The molecule has 0 bridgehead atoms. The maximum absolute atomic E-state index is 2.42. The van der Waals surface area contributed by atoms with Crippen LogP contribution in [0.15, 0.2) is 158 Å². The zero-order valence-electron chi connectivity index (χ0n) is 22.9. The molecule has 0 aliphatic heterocycles. The molecule has 2 aromatic heterocycles. The third-order valence-corrected chi connectivity index (χ3v) is 8.69. The van der Waals surface area contributed by atoms with E-state index in [1.807, 2.05) is 0 Å². The number of nitrogens with zero attached hydrogens (tertiary/aromatic N) is 2. The number of aromatic nitrogens is 2. The molecule has 0 fully saturated rings. The summed E-state index contributed by atoms with van der Waals surface area (Å²) in [6, 6.07) is 57.3. The van der Waals surface area contributed by atoms with E-state index in [9.17, 15) is 0 Å². The summed E-state index contributed by atoms with van der Waals surface area (Å²) in [7, 11) is 0. The van der Waals surface area contributed by atoms with E-state index in [2.05, 4.69) is 167 Å². The number of fused-ring (bicyclic) bond motifs is 7. The van der Waals surface area contributed by atoms with E-state index in [1.165, 1.54) is 76.9 Å². The zero-order chi connectivity index (χ0) is 27.6. The fourth-order valence-corrected chi connectivity index (χ4v) is 6.75. The summed E-state index contributed by atoms with van der Waals surface area (Å²) >= 11 is 0. The fraction of sp³-hybridized carbons (Fsp3) is 0. The van der Waals surface area contributed by atoms with Crippen LogP contribution in [0.4, 0.5) is 0 Å². The molecule has 9 aromatic rings. The number of para-hydroxylation sites is 3. The van der Waals surface area contributed by atoms with E-state index in [0.29, 0.717) is 0 Å². The molecule has 0 amide bonds. The molecule has 0 N–H and O–H groups in total. The lowest BCUT2D eigenvalue weighted by atomic mass is 10.0. The summed E-state index contributed by atoms with van der Waals surface area (Å²) in [5.41, 5.74) is 9.65. The van der Waals surface area contributed by atoms with Gasteiger partial charge in [-0.3, -0.25) is 0 Å². The summed E-state index contributed by atoms with van der Waals surface area (Å²) in [6.45, 7) is 0. The second-order valence-corrected chi connectivity index (χ2v) is 11.0. The number of hydrogen-bond acceptors (Lipinski definition) is 0. The summed E-state index contributed by atoms with van der Waals surface area (Å²) in [6.07, 6.45) is 0. The molecule has 2 nitrogen and oxygen atoms in total. The topological polar surface area (TPSA) is 9.86 Å². The van der Waals surface area contributed by atoms with Gasteiger partial charge in [-0.25, -0.2) is 0 Å². The Bertz CT molecular complexity index is 2460. The van der Waals surface area contributed by atoms with Crippen LogP contribution in [-0.2, 0) is 0 Å². The molecule has 0 saturated carbocycles. The molecule has 0 aliphatic carbocycles. The Kier molecular flexibility index (Phi) is 4.93. The van der Waals surface area contributed by atoms with Gasteiger partial charge in [0.2, 0.25) is 0 Å². The Morgan fingerprint density at radius 1 is 0.286 bits per heavy atom. The van der Waals surface area contributed by atoms with Crippen LogP contribution >= 0.6 is 0 Å². The molecule has 0 saturated heterocycles. The van der Waals surface area contributed by atoms with Gasteiger partial charge in [0, 0.05) is 32.9 Å². The Labute approximate surface area is 243 Å². The van der Waals surface area contributed by atoms with Crippen molar-refractivity contribution >= 4 is 54.4 Å². The molecule has 0 unspecified atom stereocenters. The lowest BCUT2D eigenvalue weighted by Crippen LogP contribution is -1.94. The van der Waals surface area contributed by atoms with Gasteiger partial charge < -0.3 is 9.13 Å². The van der Waals surface area contributed by atoms with Gasteiger partial charge in [-0.15, -0.1) is 0 Å². The lowest BCUT2D eigenvalue weighted by molar-refractivity contribution is 1.18. The normalized spacial score (nSPS) is 11.8. The standard InChI is InChI=1S/C40H26N2/c1-2-12-31(13-3-1)41-37-16-8-6-14-33(37)35-22-19-29(25-39(35)41)30-20-23-36-34-15-7-9-17-38(34)42(40(36)26-30)32-21-18-27-10-4-5-11-28(27)24-32/h1-26H. The molecule has 2 heterocycles. The molecule has 0 spiro atoms. The first-order chi connectivity index (χ1) is 20.8. The molecule has 42 heavy (non-hydrogen) atoms. The van der Waals surface area contributed by atoms with Crippen LogP contribution in [0.3, 0.4) is 0 Å². The van der Waals surface area contributed by atoms with E-state index in [-0.39, 0.29) is 0 Å². The maximum atomic E-state index is 2.42. The van der Waals surface area contributed by atoms with Crippen LogP contribution in [0.2, 0.25) is 0 Å². The van der Waals surface area contributed by atoms with Crippen molar-refractivity contribution < 1.29 is 0 Å². The highest BCUT2D eigenvalue weighted by Gasteiger charge is 2.16. The van der Waals surface area contributed by atoms with E-state index in [1.54, 1.807) is 0 Å². The molecule has 196 valence electrons. The maximum Gasteiger partial charge on any atom is 0.0547 e. The van der Waals surface area contributed by atoms with Gasteiger partial charge in [0.15, 0.2) is 0 Å². The van der Waals surface area contributed by atoms with E-state index < -0.39 is 0 Å². The van der Waals surface area contributed by atoms with Crippen molar-refractivity contribution in [1.29, 1.82) is 0 Å². The Hall–Kier alpha value is -5.60. The first-order valence-corrected chi connectivity index (χ1v) is 14.4. The van der Waals surface area contributed by atoms with Gasteiger partial charge in [0.1, 0.15) is 0 Å². The lowest BCUT2D eigenvalue weighted by Gasteiger charge is -2.11. The number of benzene rings is 7. The number of rotatable bonds is 3. The van der Waals surface area contributed by atoms with Gasteiger partial charge >= 0.3 is 0 Å². The smallest absolute Gasteiger partial charge is 0.0547 e. The summed E-state index contributed by atoms with van der Waals surface area (Å²) in [5.74, 6) is 0. The predicted octanol–water partition coefficient (Wildman–Crippen LogP) is 10.7. The highest BCUT2D eigenvalue weighted by Crippen LogP contribution is 2.38. The fourth-order valence-electron chi connectivity index (χ4n) is 6.75. The van der Waals surface area contributed by atoms with Crippen LogP contribution in [-0.4, -0.2) is 9.13 Å². The van der Waals surface area contributed by atoms with E-state index in [0.717, 1.165) is 0 Å². The van der Waals surface area contributed by atoms with Gasteiger partial charge in [-0.1, -0.05) is 109 Å². The third-order valence-electron chi connectivity index (χ3n) is 8.69. The minimum Gasteiger partial charge on any atom is -0.309 e. The minimum absolute atomic E-state index is 1.17. The van der Waals surface area contributed by atoms with Gasteiger partial charge in [-0.05, 0) is 70.4 Å².